The minimum atomic E-state index is 0.403. The van der Waals surface area contributed by atoms with Crippen LogP contribution in [0.5, 0.6) is 0 Å². The van der Waals surface area contributed by atoms with Gasteiger partial charge in [0.05, 0.1) is 16.8 Å². The molecule has 0 aliphatic heterocycles. The molecule has 0 spiro atoms. The molecular weight excluding hydrogens is 218 g/mol. The molecule has 0 saturated carbocycles. The largest absolute Gasteiger partial charge is 0.341 e. The summed E-state index contributed by atoms with van der Waals surface area (Å²) >= 11 is 1.78. The Balaban J connectivity index is 2.19. The van der Waals surface area contributed by atoms with Crippen molar-refractivity contribution in [3.63, 3.8) is 0 Å². The number of thiophene rings is 1. The predicted molar refractivity (Wildman–Crippen MR) is 68.7 cm³/mol. The van der Waals surface area contributed by atoms with E-state index in [0.717, 1.165) is 17.9 Å². The Hall–Kier alpha value is -1.13. The zero-order valence-corrected chi connectivity index (χ0v) is 10.5. The molecule has 0 aliphatic rings. The van der Waals surface area contributed by atoms with E-state index in [0.29, 0.717) is 12.5 Å². The van der Waals surface area contributed by atoms with Crippen molar-refractivity contribution in [2.24, 2.45) is 5.73 Å². The smallest absolute Gasteiger partial charge is 0.109 e. The molecule has 16 heavy (non-hydrogen) atoms. The van der Waals surface area contributed by atoms with E-state index in [1.54, 1.807) is 11.3 Å². The van der Waals surface area contributed by atoms with Gasteiger partial charge < -0.3 is 10.7 Å². The average molecular weight is 235 g/mol. The van der Waals surface area contributed by atoms with Crippen LogP contribution in [0.4, 0.5) is 0 Å². The first-order chi connectivity index (χ1) is 7.70. The summed E-state index contributed by atoms with van der Waals surface area (Å²) in [6.07, 6.45) is 2.88. The Labute approximate surface area is 99.7 Å². The molecule has 86 valence electrons. The van der Waals surface area contributed by atoms with Gasteiger partial charge in [-0.3, -0.25) is 0 Å². The van der Waals surface area contributed by atoms with E-state index in [2.05, 4.69) is 35.9 Å². The number of aromatic amines is 1. The van der Waals surface area contributed by atoms with Crippen LogP contribution in [0.3, 0.4) is 0 Å². The normalized spacial score (nSPS) is 12.9. The Morgan fingerprint density at radius 2 is 2.31 bits per heavy atom. The van der Waals surface area contributed by atoms with Crippen molar-refractivity contribution >= 4 is 11.3 Å². The van der Waals surface area contributed by atoms with Crippen LogP contribution in [-0.2, 0) is 0 Å². The summed E-state index contributed by atoms with van der Waals surface area (Å²) in [6, 6.07) is 4.26. The number of H-pyrrole nitrogens is 1. The van der Waals surface area contributed by atoms with Crippen molar-refractivity contribution in [1.29, 1.82) is 0 Å². The summed E-state index contributed by atoms with van der Waals surface area (Å²) in [4.78, 5) is 10.4. The van der Waals surface area contributed by atoms with Crippen LogP contribution in [0.1, 0.15) is 30.0 Å². The van der Waals surface area contributed by atoms with Gasteiger partial charge in [-0.05, 0) is 32.0 Å². The second-order valence-corrected chi connectivity index (χ2v) is 5.36. The van der Waals surface area contributed by atoms with Crippen molar-refractivity contribution < 1.29 is 0 Å². The highest BCUT2D eigenvalue weighted by atomic mass is 32.1. The van der Waals surface area contributed by atoms with Gasteiger partial charge in [0.25, 0.3) is 0 Å². The number of nitrogens with zero attached hydrogens (tertiary/aromatic N) is 1. The molecule has 2 aromatic heterocycles. The van der Waals surface area contributed by atoms with E-state index in [1.807, 2.05) is 6.20 Å². The van der Waals surface area contributed by atoms with Crippen molar-refractivity contribution in [3.05, 3.63) is 29.0 Å². The lowest BCUT2D eigenvalue weighted by molar-refractivity contribution is 0.655. The van der Waals surface area contributed by atoms with Gasteiger partial charge in [-0.15, -0.1) is 11.3 Å². The Morgan fingerprint density at radius 3 is 2.94 bits per heavy atom. The molecule has 2 heterocycles. The molecule has 0 fully saturated rings. The van der Waals surface area contributed by atoms with Crippen LogP contribution in [0.2, 0.25) is 0 Å². The van der Waals surface area contributed by atoms with E-state index in [-0.39, 0.29) is 0 Å². The average Bonchev–Trinajstić information content (AvgIpc) is 2.85. The molecule has 0 amide bonds. The van der Waals surface area contributed by atoms with Gasteiger partial charge in [-0.25, -0.2) is 4.98 Å². The molecule has 4 heteroatoms. The number of aromatic nitrogens is 2. The van der Waals surface area contributed by atoms with Crippen LogP contribution < -0.4 is 5.73 Å². The number of nitrogens with one attached hydrogen (secondary N) is 1. The maximum Gasteiger partial charge on any atom is 0.109 e. The van der Waals surface area contributed by atoms with Crippen LogP contribution in [-0.4, -0.2) is 16.5 Å². The summed E-state index contributed by atoms with van der Waals surface area (Å²) in [7, 11) is 0. The SMILES string of the molecule is Cc1ccc(-c2cnc(C(C)CCN)[nH]2)s1. The van der Waals surface area contributed by atoms with E-state index in [9.17, 15) is 0 Å². The molecule has 3 N–H and O–H groups in total. The third kappa shape index (κ3) is 2.33. The van der Waals surface area contributed by atoms with Crippen molar-refractivity contribution in [2.45, 2.75) is 26.2 Å². The van der Waals surface area contributed by atoms with E-state index < -0.39 is 0 Å². The number of nitrogens with two attached hydrogens (primary N) is 1. The highest BCUT2D eigenvalue weighted by Crippen LogP contribution is 2.27. The van der Waals surface area contributed by atoms with Gasteiger partial charge in [0.2, 0.25) is 0 Å². The fourth-order valence-electron chi connectivity index (χ4n) is 1.68. The molecular formula is C12H17N3S. The molecule has 2 aromatic rings. The summed E-state index contributed by atoms with van der Waals surface area (Å²) in [5.74, 6) is 1.44. The fraction of sp³-hybridized carbons (Fsp3) is 0.417. The van der Waals surface area contributed by atoms with Gasteiger partial charge >= 0.3 is 0 Å². The third-order valence-electron chi connectivity index (χ3n) is 2.67. The zero-order valence-electron chi connectivity index (χ0n) is 9.66. The standard InChI is InChI=1S/C12H17N3S/c1-8(5-6-13)12-14-7-10(15-12)11-4-3-9(2)16-11/h3-4,7-8H,5-6,13H2,1-2H3,(H,14,15). The van der Waals surface area contributed by atoms with Crippen molar-refractivity contribution in [2.75, 3.05) is 6.54 Å². The molecule has 0 aliphatic carbocycles. The Bertz CT molecular complexity index is 458. The van der Waals surface area contributed by atoms with Crippen LogP contribution in [0.25, 0.3) is 10.6 Å². The van der Waals surface area contributed by atoms with E-state index >= 15 is 0 Å². The summed E-state index contributed by atoms with van der Waals surface area (Å²) < 4.78 is 0. The van der Waals surface area contributed by atoms with E-state index in [1.165, 1.54) is 9.75 Å². The number of aryl methyl sites for hydroxylation is 1. The first-order valence-electron chi connectivity index (χ1n) is 5.52. The molecule has 3 nitrogen and oxygen atoms in total. The van der Waals surface area contributed by atoms with Gasteiger partial charge in [-0.2, -0.15) is 0 Å². The maximum atomic E-state index is 5.55. The van der Waals surface area contributed by atoms with Gasteiger partial charge in [0.1, 0.15) is 5.82 Å². The first kappa shape index (κ1) is 11.4. The van der Waals surface area contributed by atoms with Crippen LogP contribution >= 0.6 is 11.3 Å². The predicted octanol–water partition coefficient (Wildman–Crippen LogP) is 2.90. The van der Waals surface area contributed by atoms with Crippen molar-refractivity contribution in [1.82, 2.24) is 9.97 Å². The van der Waals surface area contributed by atoms with Gasteiger partial charge in [0, 0.05) is 10.8 Å². The highest BCUT2D eigenvalue weighted by Gasteiger charge is 2.10. The lowest BCUT2D eigenvalue weighted by Gasteiger charge is -2.05. The number of hydrogen-bond acceptors (Lipinski definition) is 3. The highest BCUT2D eigenvalue weighted by molar-refractivity contribution is 7.15. The van der Waals surface area contributed by atoms with Crippen LogP contribution in [0.15, 0.2) is 18.3 Å². The second-order valence-electron chi connectivity index (χ2n) is 4.07. The minimum Gasteiger partial charge on any atom is -0.341 e. The van der Waals surface area contributed by atoms with Crippen LogP contribution in [0, 0.1) is 6.92 Å². The minimum absolute atomic E-state index is 0.403. The summed E-state index contributed by atoms with van der Waals surface area (Å²) in [6.45, 7) is 4.97. The fourth-order valence-corrected chi connectivity index (χ4v) is 2.51. The third-order valence-corrected chi connectivity index (χ3v) is 3.70. The molecule has 2 rings (SSSR count). The molecule has 0 aromatic carbocycles. The molecule has 0 saturated heterocycles. The molecule has 1 unspecified atom stereocenters. The van der Waals surface area contributed by atoms with Gasteiger partial charge in [-0.1, -0.05) is 6.92 Å². The quantitative estimate of drug-likeness (QED) is 0.856. The number of hydrogen-bond donors (Lipinski definition) is 2. The lowest BCUT2D eigenvalue weighted by Crippen LogP contribution is -2.05. The monoisotopic (exact) mass is 235 g/mol. The first-order valence-corrected chi connectivity index (χ1v) is 6.34. The van der Waals surface area contributed by atoms with E-state index in [4.69, 9.17) is 5.73 Å². The molecule has 0 bridgehead atoms. The Morgan fingerprint density at radius 1 is 1.50 bits per heavy atom. The number of rotatable bonds is 4. The summed E-state index contributed by atoms with van der Waals surface area (Å²) in [5.41, 5.74) is 6.66. The molecule has 1 atom stereocenters. The maximum absolute atomic E-state index is 5.55. The second kappa shape index (κ2) is 4.80. The van der Waals surface area contributed by atoms with Crippen molar-refractivity contribution in [3.8, 4) is 10.6 Å². The molecule has 0 radical (unpaired) electrons. The van der Waals surface area contributed by atoms with Gasteiger partial charge in [0.15, 0.2) is 0 Å². The number of imidazole rings is 1. The Kier molecular flexibility index (Phi) is 3.41. The lowest BCUT2D eigenvalue weighted by atomic mass is 10.1. The zero-order chi connectivity index (χ0) is 11.5. The topological polar surface area (TPSA) is 54.7 Å². The summed E-state index contributed by atoms with van der Waals surface area (Å²) in [5, 5.41) is 0.